The summed E-state index contributed by atoms with van der Waals surface area (Å²) in [7, 11) is 0. The van der Waals surface area contributed by atoms with Gasteiger partial charge in [-0.2, -0.15) is 0 Å². The minimum absolute atomic E-state index is 0.0313. The number of hydrogen-bond acceptors (Lipinski definition) is 3. The van der Waals surface area contributed by atoms with Gasteiger partial charge in [0.1, 0.15) is 5.75 Å². The van der Waals surface area contributed by atoms with E-state index in [0.717, 1.165) is 11.3 Å². The first kappa shape index (κ1) is 8.26. The lowest BCUT2D eigenvalue weighted by molar-refractivity contribution is -0.123. The van der Waals surface area contributed by atoms with Crippen LogP contribution in [0.1, 0.15) is 5.56 Å². The van der Waals surface area contributed by atoms with Crippen molar-refractivity contribution in [1.82, 2.24) is 0 Å². The number of carbonyl (C=O) groups is 1. The van der Waals surface area contributed by atoms with Crippen LogP contribution in [0.25, 0.3) is 0 Å². The molecular weight excluding hydrogens is 166 g/mol. The average Bonchev–Trinajstić information content (AvgIpc) is 2.59. The highest BCUT2D eigenvalue weighted by atomic mass is 16.5. The van der Waals surface area contributed by atoms with Gasteiger partial charge in [-0.05, 0) is 11.6 Å². The Bertz CT molecular complexity index is 310. The van der Waals surface area contributed by atoms with E-state index < -0.39 is 0 Å². The Balaban J connectivity index is 2.18. The third-order valence-corrected chi connectivity index (χ3v) is 2.21. The molecular formula is C10H11NO2. The van der Waals surface area contributed by atoms with Crippen molar-refractivity contribution in [3.63, 3.8) is 0 Å². The standard InChI is InChI=1S/C10H11NO2/c11-6-8(12)10-5-7-3-1-2-4-9(7)13-10/h1-4,10H,5-6,11H2. The van der Waals surface area contributed by atoms with E-state index >= 15 is 0 Å². The Kier molecular flexibility index (Phi) is 2.02. The minimum Gasteiger partial charge on any atom is -0.482 e. The first-order chi connectivity index (χ1) is 6.31. The molecule has 0 spiro atoms. The number of nitrogens with two attached hydrogens (primary N) is 1. The smallest absolute Gasteiger partial charge is 0.187 e. The van der Waals surface area contributed by atoms with Crippen LogP contribution in [0.4, 0.5) is 0 Å². The number of ether oxygens (including phenoxy) is 1. The molecule has 1 heterocycles. The molecule has 2 N–H and O–H groups in total. The summed E-state index contributed by atoms with van der Waals surface area (Å²) in [5, 5.41) is 0. The van der Waals surface area contributed by atoms with Crippen molar-refractivity contribution in [2.75, 3.05) is 6.54 Å². The molecule has 0 saturated heterocycles. The van der Waals surface area contributed by atoms with E-state index in [1.807, 2.05) is 24.3 Å². The lowest BCUT2D eigenvalue weighted by Crippen LogP contribution is -2.31. The number of hydrogen-bond donors (Lipinski definition) is 1. The molecule has 0 amide bonds. The first-order valence-corrected chi connectivity index (χ1v) is 4.28. The van der Waals surface area contributed by atoms with E-state index in [9.17, 15) is 4.79 Å². The highest BCUT2D eigenvalue weighted by Crippen LogP contribution is 2.28. The van der Waals surface area contributed by atoms with Gasteiger partial charge in [0, 0.05) is 6.42 Å². The maximum atomic E-state index is 11.2. The van der Waals surface area contributed by atoms with E-state index in [-0.39, 0.29) is 18.4 Å². The third kappa shape index (κ3) is 1.42. The van der Waals surface area contributed by atoms with Crippen LogP contribution in [-0.2, 0) is 11.2 Å². The summed E-state index contributed by atoms with van der Waals surface area (Å²) < 4.78 is 5.43. The number of Topliss-reactive ketones (excluding diaryl/α,β-unsaturated/α-hetero) is 1. The zero-order valence-electron chi connectivity index (χ0n) is 7.19. The van der Waals surface area contributed by atoms with Crippen LogP contribution in [0.15, 0.2) is 24.3 Å². The lowest BCUT2D eigenvalue weighted by Gasteiger charge is -2.06. The Labute approximate surface area is 76.5 Å². The largest absolute Gasteiger partial charge is 0.482 e. The van der Waals surface area contributed by atoms with Crippen molar-refractivity contribution in [3.05, 3.63) is 29.8 Å². The van der Waals surface area contributed by atoms with Crippen LogP contribution < -0.4 is 10.5 Å². The van der Waals surface area contributed by atoms with Crippen LogP contribution in [0.3, 0.4) is 0 Å². The summed E-state index contributed by atoms with van der Waals surface area (Å²) in [6, 6.07) is 7.68. The van der Waals surface area contributed by atoms with Gasteiger partial charge in [0.05, 0.1) is 6.54 Å². The normalized spacial score (nSPS) is 19.3. The summed E-state index contributed by atoms with van der Waals surface area (Å²) in [6.45, 7) is 0.0542. The van der Waals surface area contributed by atoms with E-state index in [1.165, 1.54) is 0 Å². The molecule has 0 fully saturated rings. The van der Waals surface area contributed by atoms with Gasteiger partial charge in [0.15, 0.2) is 11.9 Å². The molecule has 1 aliphatic heterocycles. The second-order valence-corrected chi connectivity index (χ2v) is 3.09. The molecule has 1 unspecified atom stereocenters. The molecule has 68 valence electrons. The summed E-state index contributed by atoms with van der Waals surface area (Å²) in [4.78, 5) is 11.2. The fourth-order valence-corrected chi connectivity index (χ4v) is 1.49. The lowest BCUT2D eigenvalue weighted by atomic mass is 10.1. The third-order valence-electron chi connectivity index (χ3n) is 2.21. The number of para-hydroxylation sites is 1. The molecule has 1 aromatic carbocycles. The van der Waals surface area contributed by atoms with Crippen molar-refractivity contribution in [1.29, 1.82) is 0 Å². The Morgan fingerprint density at radius 2 is 2.31 bits per heavy atom. The van der Waals surface area contributed by atoms with Gasteiger partial charge >= 0.3 is 0 Å². The summed E-state index contributed by atoms with van der Waals surface area (Å²) >= 11 is 0. The van der Waals surface area contributed by atoms with Crippen molar-refractivity contribution in [3.8, 4) is 5.75 Å². The van der Waals surface area contributed by atoms with Crippen LogP contribution >= 0.6 is 0 Å². The number of fused-ring (bicyclic) bond motifs is 1. The van der Waals surface area contributed by atoms with Crippen LogP contribution in [-0.4, -0.2) is 18.4 Å². The molecule has 3 nitrogen and oxygen atoms in total. The maximum Gasteiger partial charge on any atom is 0.187 e. The molecule has 0 saturated carbocycles. The second-order valence-electron chi connectivity index (χ2n) is 3.09. The van der Waals surface area contributed by atoms with Gasteiger partial charge in [-0.15, -0.1) is 0 Å². The van der Waals surface area contributed by atoms with E-state index in [0.29, 0.717) is 6.42 Å². The topological polar surface area (TPSA) is 52.3 Å². The van der Waals surface area contributed by atoms with Gasteiger partial charge in [-0.3, -0.25) is 4.79 Å². The molecule has 1 aromatic rings. The van der Waals surface area contributed by atoms with Crippen LogP contribution in [0, 0.1) is 0 Å². The molecule has 1 atom stereocenters. The summed E-state index contributed by atoms with van der Waals surface area (Å²) in [5.74, 6) is 0.783. The van der Waals surface area contributed by atoms with Crippen LogP contribution in [0.2, 0.25) is 0 Å². The van der Waals surface area contributed by atoms with E-state index in [2.05, 4.69) is 0 Å². The maximum absolute atomic E-state index is 11.2. The summed E-state index contributed by atoms with van der Waals surface area (Å²) in [5.41, 5.74) is 6.35. The molecule has 13 heavy (non-hydrogen) atoms. The zero-order valence-corrected chi connectivity index (χ0v) is 7.19. The molecule has 3 heteroatoms. The number of benzene rings is 1. The Hall–Kier alpha value is -1.35. The van der Waals surface area contributed by atoms with Crippen molar-refractivity contribution in [2.24, 2.45) is 5.73 Å². The van der Waals surface area contributed by atoms with E-state index in [1.54, 1.807) is 0 Å². The monoisotopic (exact) mass is 177 g/mol. The fourth-order valence-electron chi connectivity index (χ4n) is 1.49. The minimum atomic E-state index is -0.359. The molecule has 0 aromatic heterocycles. The molecule has 0 aliphatic carbocycles. The Morgan fingerprint density at radius 3 is 3.00 bits per heavy atom. The van der Waals surface area contributed by atoms with Gasteiger partial charge in [-0.1, -0.05) is 18.2 Å². The van der Waals surface area contributed by atoms with Crippen molar-refractivity contribution in [2.45, 2.75) is 12.5 Å². The van der Waals surface area contributed by atoms with E-state index in [4.69, 9.17) is 10.5 Å². The summed E-state index contributed by atoms with van der Waals surface area (Å²) in [6.07, 6.45) is 0.300. The Morgan fingerprint density at radius 1 is 1.54 bits per heavy atom. The predicted molar refractivity (Wildman–Crippen MR) is 48.6 cm³/mol. The highest BCUT2D eigenvalue weighted by molar-refractivity contribution is 5.86. The van der Waals surface area contributed by atoms with Gasteiger partial charge in [-0.25, -0.2) is 0 Å². The zero-order chi connectivity index (χ0) is 9.26. The quantitative estimate of drug-likeness (QED) is 0.716. The van der Waals surface area contributed by atoms with Crippen molar-refractivity contribution < 1.29 is 9.53 Å². The molecule has 1 aliphatic rings. The van der Waals surface area contributed by atoms with Crippen LogP contribution in [0.5, 0.6) is 5.75 Å². The molecule has 0 radical (unpaired) electrons. The average molecular weight is 177 g/mol. The first-order valence-electron chi connectivity index (χ1n) is 4.28. The number of ketones is 1. The molecule has 2 rings (SSSR count). The molecule has 0 bridgehead atoms. The number of rotatable bonds is 2. The fraction of sp³-hybridized carbons (Fsp3) is 0.300. The van der Waals surface area contributed by atoms with Crippen molar-refractivity contribution >= 4 is 5.78 Å². The number of carbonyl (C=O) groups excluding carboxylic acids is 1. The van der Waals surface area contributed by atoms with Gasteiger partial charge in [0.25, 0.3) is 0 Å². The van der Waals surface area contributed by atoms with Gasteiger partial charge < -0.3 is 10.5 Å². The van der Waals surface area contributed by atoms with Gasteiger partial charge in [0.2, 0.25) is 0 Å². The SMILES string of the molecule is NCC(=O)C1Cc2ccccc2O1. The second kappa shape index (κ2) is 3.18. The highest BCUT2D eigenvalue weighted by Gasteiger charge is 2.27. The predicted octanol–water partition coefficient (Wildman–Crippen LogP) is 0.518.